The molecule has 0 amide bonds. The molecule has 8 nitrogen and oxygen atoms in total. The summed E-state index contributed by atoms with van der Waals surface area (Å²) in [5, 5.41) is 9.73. The fraction of sp³-hybridized carbons (Fsp3) is 0.366. The van der Waals surface area contributed by atoms with E-state index in [4.69, 9.17) is 22.1 Å². The average Bonchev–Trinajstić information content (AvgIpc) is 3.28. The number of hydrogen-bond donors (Lipinski definition) is 3. The standard InChI is InChI=1S/C41H43ClN2O6S/c1-23(2)24-10-14-29-25(20-24)11-17-34-40(3,18-7-19-41(29,34)4)22-44-51(48,49)33-16-13-26(12-15-30(33)42)50-32-21-31(45)35-36(37(32)43)39(47)28-9-6-5-8-27(28)38(35)46/h5-6,8-10,12-16,20-21,23,33-34,44-45H,7,11,17-19,22,43H2,1-4H3. The summed E-state index contributed by atoms with van der Waals surface area (Å²) in [4.78, 5) is 26.5. The summed E-state index contributed by atoms with van der Waals surface area (Å²) in [5.41, 5.74) is 10.2. The maximum Gasteiger partial charge on any atom is 0.223 e. The van der Waals surface area contributed by atoms with E-state index in [-0.39, 0.29) is 55.3 Å². The number of halogens is 1. The van der Waals surface area contributed by atoms with Crippen molar-refractivity contribution in [3.05, 3.63) is 123 Å². The van der Waals surface area contributed by atoms with Crippen molar-refractivity contribution in [1.82, 2.24) is 4.72 Å². The molecule has 1 saturated carbocycles. The van der Waals surface area contributed by atoms with Crippen molar-refractivity contribution in [2.75, 3.05) is 12.3 Å². The Morgan fingerprint density at radius 1 is 1.02 bits per heavy atom. The number of allylic oxidation sites excluding steroid dienone is 3. The molecule has 0 bridgehead atoms. The first-order chi connectivity index (χ1) is 24.1. The Labute approximate surface area is 304 Å². The molecule has 3 aromatic rings. The van der Waals surface area contributed by atoms with E-state index in [0.717, 1.165) is 32.1 Å². The lowest BCUT2D eigenvalue weighted by Crippen LogP contribution is -2.53. The van der Waals surface area contributed by atoms with Crippen LogP contribution in [-0.4, -0.2) is 36.9 Å². The predicted molar refractivity (Wildman–Crippen MR) is 200 cm³/mol. The summed E-state index contributed by atoms with van der Waals surface area (Å²) < 4.78 is 36.7. The lowest BCUT2D eigenvalue weighted by Gasteiger charge is -2.55. The van der Waals surface area contributed by atoms with E-state index in [9.17, 15) is 23.1 Å². The highest BCUT2D eigenvalue weighted by Crippen LogP contribution is 2.57. The summed E-state index contributed by atoms with van der Waals surface area (Å²) >= 11 is 6.60. The van der Waals surface area contributed by atoms with Crippen LogP contribution >= 0.6 is 11.6 Å². The van der Waals surface area contributed by atoms with Crippen molar-refractivity contribution in [1.29, 1.82) is 0 Å². The van der Waals surface area contributed by atoms with E-state index < -0.39 is 32.6 Å². The Hall–Kier alpha value is -4.18. The number of benzene rings is 3. The first kappa shape index (κ1) is 35.2. The number of ether oxygens (including phenoxy) is 1. The van der Waals surface area contributed by atoms with Gasteiger partial charge in [0.25, 0.3) is 0 Å². The van der Waals surface area contributed by atoms with Crippen LogP contribution in [0.4, 0.5) is 5.69 Å². The van der Waals surface area contributed by atoms with Crippen LogP contribution in [0.2, 0.25) is 0 Å². The van der Waals surface area contributed by atoms with Crippen LogP contribution < -0.4 is 15.2 Å². The number of phenolic OH excluding ortho intramolecular Hbond substituents is 1. The second kappa shape index (κ2) is 12.8. The third-order valence-corrected chi connectivity index (χ3v) is 13.8. The number of ketones is 2. The number of carbonyl (C=O) groups excluding carboxylic acids is 2. The van der Waals surface area contributed by atoms with Gasteiger partial charge in [-0.1, -0.05) is 94.3 Å². The summed E-state index contributed by atoms with van der Waals surface area (Å²) in [6.45, 7) is 9.31. The number of fused-ring (bicyclic) bond motifs is 5. The molecule has 4 unspecified atom stereocenters. The molecule has 4 aliphatic carbocycles. The zero-order valence-corrected chi connectivity index (χ0v) is 30.8. The summed E-state index contributed by atoms with van der Waals surface area (Å²) in [6, 6.07) is 14.5. The zero-order chi connectivity index (χ0) is 36.5. The van der Waals surface area contributed by atoms with Crippen molar-refractivity contribution in [2.24, 2.45) is 11.3 Å². The second-order valence-corrected chi connectivity index (χ2v) is 17.5. The minimum atomic E-state index is -3.96. The average molecular weight is 727 g/mol. The van der Waals surface area contributed by atoms with Crippen LogP contribution in [0.3, 0.4) is 0 Å². The van der Waals surface area contributed by atoms with Crippen molar-refractivity contribution < 1.29 is 27.9 Å². The van der Waals surface area contributed by atoms with Crippen LogP contribution in [-0.2, 0) is 21.9 Å². The Bertz CT molecular complexity index is 2190. The van der Waals surface area contributed by atoms with Crippen molar-refractivity contribution in [3.8, 4) is 11.5 Å². The van der Waals surface area contributed by atoms with Crippen LogP contribution in [0, 0.1) is 11.3 Å². The number of aromatic hydroxyl groups is 1. The second-order valence-electron chi connectivity index (χ2n) is 15.2. The third kappa shape index (κ3) is 5.93. The number of phenols is 1. The normalized spacial score (nSPS) is 25.6. The molecular weight excluding hydrogens is 684 g/mol. The molecule has 0 aliphatic heterocycles. The Kier molecular flexibility index (Phi) is 8.84. The molecule has 4 aliphatic rings. The van der Waals surface area contributed by atoms with Gasteiger partial charge >= 0.3 is 0 Å². The van der Waals surface area contributed by atoms with Gasteiger partial charge in [-0.2, -0.15) is 0 Å². The zero-order valence-electron chi connectivity index (χ0n) is 29.3. The molecule has 266 valence electrons. The molecule has 0 saturated heterocycles. The number of aryl methyl sites for hydroxylation is 1. The van der Waals surface area contributed by atoms with Gasteiger partial charge in [-0.15, -0.1) is 0 Å². The Balaban J connectivity index is 1.09. The number of carbonyl (C=O) groups is 2. The number of nitrogen functional groups attached to an aromatic ring is 1. The number of sulfonamides is 1. The minimum absolute atomic E-state index is 0.0360. The van der Waals surface area contributed by atoms with Gasteiger partial charge in [-0.05, 0) is 83.3 Å². The lowest BCUT2D eigenvalue weighted by molar-refractivity contribution is 0.0298. The largest absolute Gasteiger partial charge is 0.507 e. The molecule has 0 spiro atoms. The summed E-state index contributed by atoms with van der Waals surface area (Å²) in [6.07, 6.45) is 10.8. The van der Waals surface area contributed by atoms with Crippen LogP contribution in [0.5, 0.6) is 11.5 Å². The van der Waals surface area contributed by atoms with Gasteiger partial charge in [-0.25, -0.2) is 13.1 Å². The minimum Gasteiger partial charge on any atom is -0.507 e. The molecule has 0 heterocycles. The van der Waals surface area contributed by atoms with Crippen LogP contribution in [0.1, 0.15) is 108 Å². The highest BCUT2D eigenvalue weighted by molar-refractivity contribution is 7.90. The molecular formula is C41H43ClN2O6S. The van der Waals surface area contributed by atoms with Gasteiger partial charge in [0.15, 0.2) is 17.3 Å². The Morgan fingerprint density at radius 3 is 2.43 bits per heavy atom. The molecule has 4 atom stereocenters. The quantitative estimate of drug-likeness (QED) is 0.131. The first-order valence-electron chi connectivity index (χ1n) is 17.5. The highest BCUT2D eigenvalue weighted by atomic mass is 35.5. The van der Waals surface area contributed by atoms with Gasteiger partial charge in [0.1, 0.15) is 16.8 Å². The first-order valence-corrected chi connectivity index (χ1v) is 19.5. The van der Waals surface area contributed by atoms with E-state index in [0.29, 0.717) is 18.4 Å². The number of anilines is 1. The van der Waals surface area contributed by atoms with E-state index in [1.165, 1.54) is 59.2 Å². The number of rotatable bonds is 7. The maximum absolute atomic E-state index is 13.9. The predicted octanol–water partition coefficient (Wildman–Crippen LogP) is 7.83. The van der Waals surface area contributed by atoms with E-state index in [2.05, 4.69) is 50.6 Å². The highest BCUT2D eigenvalue weighted by Gasteiger charge is 2.52. The van der Waals surface area contributed by atoms with Crippen LogP contribution in [0.25, 0.3) is 0 Å². The molecule has 4 N–H and O–H groups in total. The number of nitrogens with two attached hydrogens (primary N) is 1. The smallest absolute Gasteiger partial charge is 0.223 e. The van der Waals surface area contributed by atoms with Crippen molar-refractivity contribution >= 4 is 38.9 Å². The molecule has 7 rings (SSSR count). The molecule has 0 aromatic heterocycles. The topological polar surface area (TPSA) is 136 Å². The monoisotopic (exact) mass is 726 g/mol. The maximum atomic E-state index is 13.9. The SMILES string of the molecule is CC(C)c1ccc2c(c1)CCC1C(C)(CNS(=O)(=O)C3C=CC(Oc4cc(O)c5c(c4N)C(=O)c4ccccc4C5=O)=CC=C3Cl)CCCC21C. The van der Waals surface area contributed by atoms with Gasteiger partial charge < -0.3 is 15.6 Å². The lowest BCUT2D eigenvalue weighted by atomic mass is 9.50. The van der Waals surface area contributed by atoms with Crippen molar-refractivity contribution in [2.45, 2.75) is 76.4 Å². The van der Waals surface area contributed by atoms with E-state index in [1.54, 1.807) is 12.1 Å². The van der Waals surface area contributed by atoms with Gasteiger partial charge in [0.2, 0.25) is 10.0 Å². The summed E-state index contributed by atoms with van der Waals surface area (Å²) in [5.74, 6) is -0.584. The van der Waals surface area contributed by atoms with Gasteiger partial charge in [0, 0.05) is 28.8 Å². The summed E-state index contributed by atoms with van der Waals surface area (Å²) in [7, 11) is -3.96. The fourth-order valence-corrected chi connectivity index (χ4v) is 10.8. The van der Waals surface area contributed by atoms with Gasteiger partial charge in [-0.3, -0.25) is 9.59 Å². The van der Waals surface area contributed by atoms with E-state index >= 15 is 0 Å². The van der Waals surface area contributed by atoms with Crippen molar-refractivity contribution in [3.63, 3.8) is 0 Å². The number of nitrogens with one attached hydrogen (secondary N) is 1. The number of hydrogen-bond acceptors (Lipinski definition) is 7. The van der Waals surface area contributed by atoms with E-state index in [1.807, 2.05) is 0 Å². The molecule has 51 heavy (non-hydrogen) atoms. The Morgan fingerprint density at radius 2 is 1.73 bits per heavy atom. The third-order valence-electron chi connectivity index (χ3n) is 11.7. The molecule has 10 heteroatoms. The molecule has 0 radical (unpaired) electrons. The molecule has 3 aromatic carbocycles. The van der Waals surface area contributed by atoms with Gasteiger partial charge in [0.05, 0.1) is 16.8 Å². The van der Waals surface area contributed by atoms with Crippen LogP contribution in [0.15, 0.2) is 83.6 Å². The fourth-order valence-electron chi connectivity index (χ4n) is 8.96. The molecule has 1 fully saturated rings.